The van der Waals surface area contributed by atoms with Gasteiger partial charge in [0.15, 0.2) is 5.65 Å². The SMILES string of the molecule is O=c1ccc2nc(-c3cc(Cl)c4ncccc4c3)c(-c3ccncc3)nc2[nH]1. The second kappa shape index (κ2) is 6.51. The van der Waals surface area contributed by atoms with Gasteiger partial charge in [0.2, 0.25) is 5.56 Å². The summed E-state index contributed by atoms with van der Waals surface area (Å²) in [5, 5.41) is 1.45. The molecule has 7 heteroatoms. The van der Waals surface area contributed by atoms with Crippen LogP contribution in [-0.2, 0) is 0 Å². The number of nitrogens with one attached hydrogen (secondary N) is 1. The van der Waals surface area contributed by atoms with E-state index in [0.717, 1.165) is 22.0 Å². The van der Waals surface area contributed by atoms with Crippen LogP contribution in [0, 0.1) is 0 Å². The molecule has 0 amide bonds. The molecule has 0 fully saturated rings. The first-order valence-electron chi connectivity index (χ1n) is 8.55. The van der Waals surface area contributed by atoms with E-state index in [-0.39, 0.29) is 5.56 Å². The van der Waals surface area contributed by atoms with Gasteiger partial charge in [-0.05, 0) is 36.4 Å². The van der Waals surface area contributed by atoms with Crippen LogP contribution >= 0.6 is 11.6 Å². The van der Waals surface area contributed by atoms with Crippen molar-refractivity contribution in [2.45, 2.75) is 0 Å². The number of aromatic nitrogens is 5. The number of rotatable bonds is 2. The molecule has 6 nitrogen and oxygen atoms in total. The van der Waals surface area contributed by atoms with Crippen molar-refractivity contribution in [3.63, 3.8) is 0 Å². The van der Waals surface area contributed by atoms with E-state index in [0.29, 0.717) is 27.6 Å². The first-order chi connectivity index (χ1) is 13.7. The summed E-state index contributed by atoms with van der Waals surface area (Å²) in [6.07, 6.45) is 5.09. The van der Waals surface area contributed by atoms with Crippen molar-refractivity contribution in [2.24, 2.45) is 0 Å². The highest BCUT2D eigenvalue weighted by Gasteiger charge is 2.15. The summed E-state index contributed by atoms with van der Waals surface area (Å²) in [5.41, 5.74) is 4.48. The fourth-order valence-corrected chi connectivity index (χ4v) is 3.44. The van der Waals surface area contributed by atoms with Gasteiger partial charge in [-0.25, -0.2) is 9.97 Å². The van der Waals surface area contributed by atoms with Crippen molar-refractivity contribution in [1.82, 2.24) is 24.9 Å². The topological polar surface area (TPSA) is 84.4 Å². The highest BCUT2D eigenvalue weighted by atomic mass is 35.5. The van der Waals surface area contributed by atoms with Crippen molar-refractivity contribution >= 4 is 33.7 Å². The Balaban J connectivity index is 1.85. The van der Waals surface area contributed by atoms with Crippen LogP contribution in [0.2, 0.25) is 5.02 Å². The number of pyridine rings is 3. The van der Waals surface area contributed by atoms with Crippen LogP contribution in [0.1, 0.15) is 0 Å². The molecule has 28 heavy (non-hydrogen) atoms. The summed E-state index contributed by atoms with van der Waals surface area (Å²) in [4.78, 5) is 32.3. The van der Waals surface area contributed by atoms with E-state index in [1.807, 2.05) is 36.4 Å². The van der Waals surface area contributed by atoms with Crippen molar-refractivity contribution in [2.75, 3.05) is 0 Å². The molecule has 0 aliphatic carbocycles. The van der Waals surface area contributed by atoms with Crippen LogP contribution in [0.3, 0.4) is 0 Å². The highest BCUT2D eigenvalue weighted by molar-refractivity contribution is 6.35. The minimum absolute atomic E-state index is 0.227. The lowest BCUT2D eigenvalue weighted by Gasteiger charge is -2.11. The zero-order valence-electron chi connectivity index (χ0n) is 14.4. The maximum absolute atomic E-state index is 11.7. The molecule has 5 rings (SSSR count). The standard InChI is InChI=1S/C21H12ClN5O/c22-15-11-14(10-13-2-1-7-24-18(13)15)20-19(12-5-8-23-9-6-12)27-21-16(25-20)3-4-17(28)26-21/h1-11H,(H,26,27,28). The van der Waals surface area contributed by atoms with E-state index < -0.39 is 0 Å². The zero-order chi connectivity index (χ0) is 19.1. The highest BCUT2D eigenvalue weighted by Crippen LogP contribution is 2.34. The van der Waals surface area contributed by atoms with Crippen LogP contribution in [0.25, 0.3) is 44.6 Å². The second-order valence-electron chi connectivity index (χ2n) is 6.25. The summed E-state index contributed by atoms with van der Waals surface area (Å²) >= 11 is 6.48. The number of fused-ring (bicyclic) bond motifs is 2. The summed E-state index contributed by atoms with van der Waals surface area (Å²) < 4.78 is 0. The molecule has 0 unspecified atom stereocenters. The molecule has 0 atom stereocenters. The molecule has 0 spiro atoms. The van der Waals surface area contributed by atoms with E-state index in [1.54, 1.807) is 24.7 Å². The number of benzene rings is 1. The first kappa shape index (κ1) is 16.5. The van der Waals surface area contributed by atoms with Gasteiger partial charge >= 0.3 is 0 Å². The largest absolute Gasteiger partial charge is 0.305 e. The Labute approximate surface area is 163 Å². The Morgan fingerprint density at radius 3 is 2.54 bits per heavy atom. The van der Waals surface area contributed by atoms with Crippen LogP contribution in [0.15, 0.2) is 71.9 Å². The molecule has 1 N–H and O–H groups in total. The van der Waals surface area contributed by atoms with Gasteiger partial charge < -0.3 is 4.98 Å². The smallest absolute Gasteiger partial charge is 0.249 e. The van der Waals surface area contributed by atoms with Crippen molar-refractivity contribution < 1.29 is 0 Å². The third-order valence-corrected chi connectivity index (χ3v) is 4.73. The van der Waals surface area contributed by atoms with Crippen LogP contribution in [-0.4, -0.2) is 24.9 Å². The fraction of sp³-hybridized carbons (Fsp3) is 0. The Kier molecular flexibility index (Phi) is 3.84. The predicted octanol–water partition coefficient (Wildman–Crippen LogP) is 4.25. The zero-order valence-corrected chi connectivity index (χ0v) is 15.2. The minimum Gasteiger partial charge on any atom is -0.305 e. The van der Waals surface area contributed by atoms with E-state index in [2.05, 4.69) is 19.9 Å². The Morgan fingerprint density at radius 1 is 0.857 bits per heavy atom. The quantitative estimate of drug-likeness (QED) is 0.491. The Hall–Kier alpha value is -3.64. The molecule has 1 aromatic carbocycles. The molecule has 0 saturated carbocycles. The van der Waals surface area contributed by atoms with Gasteiger partial charge in [-0.3, -0.25) is 14.8 Å². The first-order valence-corrected chi connectivity index (χ1v) is 8.93. The monoisotopic (exact) mass is 385 g/mol. The molecular formula is C21H12ClN5O. The van der Waals surface area contributed by atoms with Crippen LogP contribution in [0.5, 0.6) is 0 Å². The van der Waals surface area contributed by atoms with Gasteiger partial charge in [0.1, 0.15) is 5.52 Å². The average molecular weight is 386 g/mol. The molecule has 4 heterocycles. The molecule has 5 aromatic rings. The molecule has 134 valence electrons. The second-order valence-corrected chi connectivity index (χ2v) is 6.65. The molecule has 0 radical (unpaired) electrons. The molecule has 0 saturated heterocycles. The lowest BCUT2D eigenvalue weighted by Crippen LogP contribution is -2.06. The van der Waals surface area contributed by atoms with Gasteiger partial charge in [0, 0.05) is 41.2 Å². The lowest BCUT2D eigenvalue weighted by molar-refractivity contribution is 1.19. The van der Waals surface area contributed by atoms with Crippen molar-refractivity contribution in [3.05, 3.63) is 82.5 Å². The van der Waals surface area contributed by atoms with Gasteiger partial charge in [0.05, 0.1) is 21.9 Å². The summed E-state index contributed by atoms with van der Waals surface area (Å²) in [5.74, 6) is 0. The Morgan fingerprint density at radius 2 is 1.68 bits per heavy atom. The number of hydrogen-bond acceptors (Lipinski definition) is 5. The number of halogens is 1. The lowest BCUT2D eigenvalue weighted by atomic mass is 10.0. The van der Waals surface area contributed by atoms with Gasteiger partial charge in [0.25, 0.3) is 0 Å². The number of hydrogen-bond donors (Lipinski definition) is 1. The fourth-order valence-electron chi connectivity index (χ4n) is 3.17. The summed E-state index contributed by atoms with van der Waals surface area (Å²) in [6, 6.07) is 14.4. The van der Waals surface area contributed by atoms with Crippen molar-refractivity contribution in [1.29, 1.82) is 0 Å². The maximum Gasteiger partial charge on any atom is 0.249 e. The maximum atomic E-state index is 11.7. The third-order valence-electron chi connectivity index (χ3n) is 4.44. The normalized spacial score (nSPS) is 11.2. The van der Waals surface area contributed by atoms with Crippen molar-refractivity contribution in [3.8, 4) is 22.5 Å². The van der Waals surface area contributed by atoms with Crippen LogP contribution in [0.4, 0.5) is 0 Å². The van der Waals surface area contributed by atoms with E-state index in [4.69, 9.17) is 16.6 Å². The molecule has 0 bridgehead atoms. The van der Waals surface area contributed by atoms with Gasteiger partial charge in [-0.1, -0.05) is 17.7 Å². The van der Waals surface area contributed by atoms with Gasteiger partial charge in [-0.15, -0.1) is 0 Å². The minimum atomic E-state index is -0.227. The Bertz CT molecular complexity index is 1400. The van der Waals surface area contributed by atoms with E-state index >= 15 is 0 Å². The summed E-state index contributed by atoms with van der Waals surface area (Å²) in [7, 11) is 0. The van der Waals surface area contributed by atoms with Gasteiger partial charge in [-0.2, -0.15) is 0 Å². The third kappa shape index (κ3) is 2.80. The number of aromatic amines is 1. The molecule has 0 aliphatic rings. The predicted molar refractivity (Wildman–Crippen MR) is 109 cm³/mol. The average Bonchev–Trinajstić information content (AvgIpc) is 2.73. The number of nitrogens with zero attached hydrogens (tertiary/aromatic N) is 4. The number of H-pyrrole nitrogens is 1. The van der Waals surface area contributed by atoms with Crippen LogP contribution < -0.4 is 5.56 Å². The molecule has 0 aliphatic heterocycles. The molecule has 4 aromatic heterocycles. The summed E-state index contributed by atoms with van der Waals surface area (Å²) in [6.45, 7) is 0. The van der Waals surface area contributed by atoms with E-state index in [9.17, 15) is 4.79 Å². The molecular weight excluding hydrogens is 374 g/mol. The van der Waals surface area contributed by atoms with E-state index in [1.165, 1.54) is 6.07 Å².